The zero-order chi connectivity index (χ0) is 19.5. The van der Waals surface area contributed by atoms with Crippen LogP contribution >= 0.6 is 0 Å². The first-order chi connectivity index (χ1) is 14.4. The Labute approximate surface area is 172 Å². The maximum Gasteiger partial charge on any atom is 0.0536 e. The first-order valence-corrected chi connectivity index (χ1v) is 10.2. The third-order valence-corrected chi connectivity index (χ3v) is 5.53. The van der Waals surface area contributed by atoms with Gasteiger partial charge in [0, 0.05) is 16.9 Å². The molecular formula is C28H23N. The zero-order valence-electron chi connectivity index (χ0n) is 16.3. The smallest absolute Gasteiger partial charge is 0.0536 e. The summed E-state index contributed by atoms with van der Waals surface area (Å²) < 4.78 is 0. The summed E-state index contributed by atoms with van der Waals surface area (Å²) in [4.78, 5) is 2.36. The molecule has 0 saturated carbocycles. The molecule has 0 spiro atoms. The van der Waals surface area contributed by atoms with Crippen LogP contribution in [0.25, 0.3) is 17.2 Å². The SMILES string of the molecule is C1=Cc2c(cccc2N(c2ccccc2)c2ccc(-c3ccccc3)cc2)CC1. The number of fused-ring (bicyclic) bond motifs is 1. The van der Waals surface area contributed by atoms with Gasteiger partial charge in [0.2, 0.25) is 0 Å². The average Bonchev–Trinajstić information content (AvgIpc) is 2.81. The summed E-state index contributed by atoms with van der Waals surface area (Å²) in [5.74, 6) is 0. The minimum Gasteiger partial charge on any atom is -0.310 e. The van der Waals surface area contributed by atoms with E-state index in [1.54, 1.807) is 0 Å². The molecular weight excluding hydrogens is 350 g/mol. The Morgan fingerprint density at radius 1 is 0.552 bits per heavy atom. The molecule has 4 aromatic carbocycles. The van der Waals surface area contributed by atoms with Crippen molar-refractivity contribution in [2.75, 3.05) is 4.90 Å². The van der Waals surface area contributed by atoms with Crippen LogP contribution < -0.4 is 4.90 Å². The first kappa shape index (κ1) is 17.5. The molecule has 0 N–H and O–H groups in total. The van der Waals surface area contributed by atoms with Crippen molar-refractivity contribution < 1.29 is 0 Å². The molecule has 5 rings (SSSR count). The molecule has 0 bridgehead atoms. The Balaban J connectivity index is 1.63. The number of benzene rings is 4. The van der Waals surface area contributed by atoms with Crippen molar-refractivity contribution in [1.29, 1.82) is 0 Å². The molecule has 0 saturated heterocycles. The summed E-state index contributed by atoms with van der Waals surface area (Å²) in [5, 5.41) is 0. The quantitative estimate of drug-likeness (QED) is 0.353. The van der Waals surface area contributed by atoms with E-state index in [0.29, 0.717) is 0 Å². The number of aryl methyl sites for hydroxylation is 1. The number of hydrogen-bond donors (Lipinski definition) is 0. The van der Waals surface area contributed by atoms with E-state index in [1.165, 1.54) is 39.3 Å². The first-order valence-electron chi connectivity index (χ1n) is 10.2. The van der Waals surface area contributed by atoms with Crippen LogP contribution in [0.2, 0.25) is 0 Å². The molecule has 4 aromatic rings. The van der Waals surface area contributed by atoms with Crippen molar-refractivity contribution >= 4 is 23.1 Å². The Hall–Kier alpha value is -3.58. The second kappa shape index (κ2) is 7.81. The fourth-order valence-electron chi connectivity index (χ4n) is 4.08. The third kappa shape index (κ3) is 3.48. The highest BCUT2D eigenvalue weighted by molar-refractivity contribution is 5.84. The van der Waals surface area contributed by atoms with Crippen molar-refractivity contribution in [3.05, 3.63) is 120 Å². The van der Waals surface area contributed by atoms with E-state index < -0.39 is 0 Å². The van der Waals surface area contributed by atoms with Gasteiger partial charge in [-0.05, 0) is 59.9 Å². The summed E-state index contributed by atoms with van der Waals surface area (Å²) >= 11 is 0. The molecule has 0 atom stereocenters. The maximum absolute atomic E-state index is 2.36. The van der Waals surface area contributed by atoms with E-state index in [0.717, 1.165) is 12.8 Å². The highest BCUT2D eigenvalue weighted by Crippen LogP contribution is 2.40. The molecule has 0 heterocycles. The van der Waals surface area contributed by atoms with Gasteiger partial charge in [-0.15, -0.1) is 0 Å². The maximum atomic E-state index is 2.36. The van der Waals surface area contributed by atoms with E-state index in [9.17, 15) is 0 Å². The molecule has 0 unspecified atom stereocenters. The lowest BCUT2D eigenvalue weighted by Crippen LogP contribution is -2.12. The molecule has 1 heteroatoms. The van der Waals surface area contributed by atoms with E-state index in [-0.39, 0.29) is 0 Å². The van der Waals surface area contributed by atoms with Crippen molar-refractivity contribution in [2.45, 2.75) is 12.8 Å². The van der Waals surface area contributed by atoms with Crippen molar-refractivity contribution in [3.8, 4) is 11.1 Å². The van der Waals surface area contributed by atoms with Gasteiger partial charge in [-0.1, -0.05) is 84.9 Å². The second-order valence-corrected chi connectivity index (χ2v) is 7.37. The number of hydrogen-bond acceptors (Lipinski definition) is 1. The van der Waals surface area contributed by atoms with Crippen LogP contribution in [0.3, 0.4) is 0 Å². The fraction of sp³-hybridized carbons (Fsp3) is 0.0714. The molecule has 0 aromatic heterocycles. The molecule has 29 heavy (non-hydrogen) atoms. The molecule has 0 radical (unpaired) electrons. The van der Waals surface area contributed by atoms with Crippen LogP contribution in [-0.4, -0.2) is 0 Å². The van der Waals surface area contributed by atoms with Gasteiger partial charge in [-0.3, -0.25) is 0 Å². The molecule has 0 fully saturated rings. The van der Waals surface area contributed by atoms with Crippen LogP contribution in [0.4, 0.5) is 17.1 Å². The standard InChI is InChI=1S/C28H23N/c1-3-10-22(11-4-1)23-18-20-26(21-19-23)29(25-14-5-2-6-15-25)28-17-9-13-24-12-7-8-16-27(24)28/h1-6,8-11,13-21H,7,12H2. The Kier molecular flexibility index (Phi) is 4.72. The van der Waals surface area contributed by atoms with Crippen molar-refractivity contribution in [2.24, 2.45) is 0 Å². The van der Waals surface area contributed by atoms with E-state index in [1.807, 2.05) is 0 Å². The van der Waals surface area contributed by atoms with Crippen molar-refractivity contribution in [3.63, 3.8) is 0 Å². The van der Waals surface area contributed by atoms with Crippen LogP contribution in [0.15, 0.2) is 109 Å². The summed E-state index contributed by atoms with van der Waals surface area (Å²) in [5.41, 5.74) is 8.80. The normalized spacial score (nSPS) is 12.4. The highest BCUT2D eigenvalue weighted by atomic mass is 15.1. The number of rotatable bonds is 4. The molecule has 0 amide bonds. The lowest BCUT2D eigenvalue weighted by atomic mass is 9.95. The Morgan fingerprint density at radius 3 is 1.97 bits per heavy atom. The van der Waals surface area contributed by atoms with E-state index in [2.05, 4.69) is 120 Å². The van der Waals surface area contributed by atoms with Gasteiger partial charge < -0.3 is 4.90 Å². The van der Waals surface area contributed by atoms with Gasteiger partial charge in [-0.2, -0.15) is 0 Å². The van der Waals surface area contributed by atoms with Gasteiger partial charge in [0.25, 0.3) is 0 Å². The lowest BCUT2D eigenvalue weighted by Gasteiger charge is -2.29. The predicted octanol–water partition coefficient (Wildman–Crippen LogP) is 7.78. The largest absolute Gasteiger partial charge is 0.310 e. The van der Waals surface area contributed by atoms with Gasteiger partial charge in [-0.25, -0.2) is 0 Å². The van der Waals surface area contributed by atoms with Crippen molar-refractivity contribution in [1.82, 2.24) is 0 Å². The molecule has 1 nitrogen and oxygen atoms in total. The summed E-state index contributed by atoms with van der Waals surface area (Å²) in [6.45, 7) is 0. The van der Waals surface area contributed by atoms with Gasteiger partial charge >= 0.3 is 0 Å². The Morgan fingerprint density at radius 2 is 1.21 bits per heavy atom. The summed E-state index contributed by atoms with van der Waals surface area (Å²) in [6, 6.07) is 36.7. The molecule has 1 aliphatic carbocycles. The Bertz CT molecular complexity index is 1130. The molecule has 1 aliphatic rings. The third-order valence-electron chi connectivity index (χ3n) is 5.53. The summed E-state index contributed by atoms with van der Waals surface area (Å²) in [7, 11) is 0. The topological polar surface area (TPSA) is 3.24 Å². The van der Waals surface area contributed by atoms with Crippen LogP contribution in [-0.2, 0) is 6.42 Å². The number of nitrogens with zero attached hydrogens (tertiary/aromatic N) is 1. The van der Waals surface area contributed by atoms with Gasteiger partial charge in [0.1, 0.15) is 0 Å². The van der Waals surface area contributed by atoms with Crippen LogP contribution in [0, 0.1) is 0 Å². The minimum absolute atomic E-state index is 1.11. The fourth-order valence-corrected chi connectivity index (χ4v) is 4.08. The van der Waals surface area contributed by atoms with Gasteiger partial charge in [0.05, 0.1) is 5.69 Å². The minimum atomic E-state index is 1.11. The number of allylic oxidation sites excluding steroid dienone is 1. The number of para-hydroxylation sites is 1. The molecule has 0 aliphatic heterocycles. The second-order valence-electron chi connectivity index (χ2n) is 7.37. The lowest BCUT2D eigenvalue weighted by molar-refractivity contribution is 0.984. The van der Waals surface area contributed by atoms with Crippen LogP contribution in [0.1, 0.15) is 17.5 Å². The highest BCUT2D eigenvalue weighted by Gasteiger charge is 2.18. The van der Waals surface area contributed by atoms with Crippen LogP contribution in [0.5, 0.6) is 0 Å². The van der Waals surface area contributed by atoms with E-state index >= 15 is 0 Å². The number of anilines is 3. The van der Waals surface area contributed by atoms with Gasteiger partial charge in [0.15, 0.2) is 0 Å². The zero-order valence-corrected chi connectivity index (χ0v) is 16.3. The van der Waals surface area contributed by atoms with E-state index in [4.69, 9.17) is 0 Å². The molecule has 140 valence electrons. The predicted molar refractivity (Wildman–Crippen MR) is 124 cm³/mol. The average molecular weight is 373 g/mol. The summed E-state index contributed by atoms with van der Waals surface area (Å²) in [6.07, 6.45) is 6.79. The monoisotopic (exact) mass is 373 g/mol.